The van der Waals surface area contributed by atoms with E-state index in [0.29, 0.717) is 17.1 Å². The maximum absolute atomic E-state index is 12.5. The Bertz CT molecular complexity index is 1030. The van der Waals surface area contributed by atoms with Crippen LogP contribution in [0.1, 0.15) is 23.0 Å². The van der Waals surface area contributed by atoms with Crippen LogP contribution in [0.3, 0.4) is 0 Å². The second kappa shape index (κ2) is 7.96. The van der Waals surface area contributed by atoms with Crippen molar-refractivity contribution in [1.29, 1.82) is 0 Å². The molecule has 8 heteroatoms. The van der Waals surface area contributed by atoms with Crippen molar-refractivity contribution < 1.29 is 4.79 Å². The van der Waals surface area contributed by atoms with Crippen LogP contribution in [0.15, 0.2) is 63.6 Å². The molecular weight excluding hydrogens is 360 g/mol. The van der Waals surface area contributed by atoms with Crippen molar-refractivity contribution in [3.05, 3.63) is 59.8 Å². The summed E-state index contributed by atoms with van der Waals surface area (Å²) in [6, 6.07) is 15.2. The summed E-state index contributed by atoms with van der Waals surface area (Å²) >= 11 is 1.66. The fourth-order valence-electron chi connectivity index (χ4n) is 2.54. The van der Waals surface area contributed by atoms with Gasteiger partial charge in [0.2, 0.25) is 5.96 Å². The number of nitrogens with two attached hydrogens (primary N) is 2. The molecular formula is C19H20N6OS. The lowest BCUT2D eigenvalue weighted by Crippen LogP contribution is -2.22. The summed E-state index contributed by atoms with van der Waals surface area (Å²) in [6.45, 7) is 1.80. The van der Waals surface area contributed by atoms with Crippen molar-refractivity contribution in [2.75, 3.05) is 11.6 Å². The standard InChI is InChI=1S/C19H20N6OS/c1-11(24-25-19(20)21)12-3-6-14(7-4-12)22-18(26)17-9-13-5-8-15(27-2)10-16(13)23-17/h3-10,23H,1-2H3,(H,22,26)(H4,20,21,25)/b24-11+. The van der Waals surface area contributed by atoms with E-state index in [-0.39, 0.29) is 11.9 Å². The first-order valence-electron chi connectivity index (χ1n) is 8.18. The maximum Gasteiger partial charge on any atom is 0.272 e. The number of amides is 1. The van der Waals surface area contributed by atoms with Crippen molar-refractivity contribution in [1.82, 2.24) is 4.98 Å². The zero-order valence-corrected chi connectivity index (χ0v) is 15.8. The van der Waals surface area contributed by atoms with E-state index in [4.69, 9.17) is 11.5 Å². The van der Waals surface area contributed by atoms with Gasteiger partial charge in [-0.3, -0.25) is 4.79 Å². The van der Waals surface area contributed by atoms with Crippen LogP contribution in [0.25, 0.3) is 10.9 Å². The number of benzene rings is 2. The lowest BCUT2D eigenvalue weighted by Gasteiger charge is -2.05. The molecule has 0 aliphatic carbocycles. The molecule has 27 heavy (non-hydrogen) atoms. The van der Waals surface area contributed by atoms with Crippen LogP contribution >= 0.6 is 11.8 Å². The van der Waals surface area contributed by atoms with Crippen LogP contribution in [0.4, 0.5) is 5.69 Å². The lowest BCUT2D eigenvalue weighted by atomic mass is 10.1. The van der Waals surface area contributed by atoms with Crippen LogP contribution < -0.4 is 16.8 Å². The fraction of sp³-hybridized carbons (Fsp3) is 0.105. The smallest absolute Gasteiger partial charge is 0.272 e. The van der Waals surface area contributed by atoms with Crippen molar-refractivity contribution in [2.24, 2.45) is 21.7 Å². The molecule has 0 aliphatic rings. The van der Waals surface area contributed by atoms with Crippen LogP contribution in [0.5, 0.6) is 0 Å². The molecule has 0 bridgehead atoms. The van der Waals surface area contributed by atoms with Gasteiger partial charge in [0, 0.05) is 21.5 Å². The molecule has 7 nitrogen and oxygen atoms in total. The summed E-state index contributed by atoms with van der Waals surface area (Å²) in [4.78, 5) is 16.8. The number of rotatable bonds is 5. The number of hydrogen-bond donors (Lipinski definition) is 4. The number of aromatic nitrogens is 1. The molecule has 6 N–H and O–H groups in total. The normalized spacial score (nSPS) is 11.4. The number of hydrogen-bond acceptors (Lipinski definition) is 4. The second-order valence-corrected chi connectivity index (χ2v) is 6.76. The Morgan fingerprint density at radius 3 is 2.48 bits per heavy atom. The molecule has 0 radical (unpaired) electrons. The SMILES string of the molecule is CSc1ccc2cc(C(=O)Nc3ccc(/C(C)=N/N=C(N)N)cc3)[nH]c2c1. The number of fused-ring (bicyclic) bond motifs is 1. The van der Waals surface area contributed by atoms with E-state index in [0.717, 1.165) is 21.4 Å². The highest BCUT2D eigenvalue weighted by molar-refractivity contribution is 7.98. The summed E-state index contributed by atoms with van der Waals surface area (Å²) in [5.41, 5.74) is 14.2. The second-order valence-electron chi connectivity index (χ2n) is 5.88. The third kappa shape index (κ3) is 4.48. The van der Waals surface area contributed by atoms with E-state index >= 15 is 0 Å². The average Bonchev–Trinajstić information content (AvgIpc) is 3.10. The first-order chi connectivity index (χ1) is 13.0. The molecule has 0 atom stereocenters. The van der Waals surface area contributed by atoms with E-state index in [2.05, 4.69) is 20.5 Å². The van der Waals surface area contributed by atoms with Crippen LogP contribution in [-0.4, -0.2) is 28.8 Å². The topological polar surface area (TPSA) is 122 Å². The Morgan fingerprint density at radius 1 is 1.07 bits per heavy atom. The van der Waals surface area contributed by atoms with Gasteiger partial charge in [-0.2, -0.15) is 5.10 Å². The van der Waals surface area contributed by atoms with Crippen LogP contribution in [0, 0.1) is 0 Å². The molecule has 1 amide bonds. The summed E-state index contributed by atoms with van der Waals surface area (Å²) in [5, 5.41) is 11.4. The van der Waals surface area contributed by atoms with Crippen molar-refractivity contribution in [2.45, 2.75) is 11.8 Å². The van der Waals surface area contributed by atoms with Crippen molar-refractivity contribution >= 4 is 45.9 Å². The Morgan fingerprint density at radius 2 is 1.81 bits per heavy atom. The molecule has 1 aromatic heterocycles. The minimum atomic E-state index is -0.199. The zero-order chi connectivity index (χ0) is 19.4. The number of carbonyl (C=O) groups is 1. The van der Waals surface area contributed by atoms with E-state index < -0.39 is 0 Å². The minimum Gasteiger partial charge on any atom is -0.369 e. The number of carbonyl (C=O) groups excluding carboxylic acids is 1. The number of thioether (sulfide) groups is 1. The molecule has 1 heterocycles. The predicted octanol–water partition coefficient (Wildman–Crippen LogP) is 3.14. The number of anilines is 1. The highest BCUT2D eigenvalue weighted by atomic mass is 32.2. The number of guanidine groups is 1. The highest BCUT2D eigenvalue weighted by Gasteiger charge is 2.10. The van der Waals surface area contributed by atoms with Crippen molar-refractivity contribution in [3.63, 3.8) is 0 Å². The summed E-state index contributed by atoms with van der Waals surface area (Å²) < 4.78 is 0. The van der Waals surface area contributed by atoms with Gasteiger partial charge < -0.3 is 21.8 Å². The van der Waals surface area contributed by atoms with E-state index in [1.165, 1.54) is 0 Å². The van der Waals surface area contributed by atoms with Gasteiger partial charge in [-0.1, -0.05) is 18.2 Å². The third-order valence-corrected chi connectivity index (χ3v) is 4.68. The molecule has 0 unspecified atom stereocenters. The van der Waals surface area contributed by atoms with Gasteiger partial charge in [-0.25, -0.2) is 0 Å². The molecule has 0 aliphatic heterocycles. The fourth-order valence-corrected chi connectivity index (χ4v) is 2.98. The van der Waals surface area contributed by atoms with Gasteiger partial charge >= 0.3 is 0 Å². The summed E-state index contributed by atoms with van der Waals surface area (Å²) in [5.74, 6) is -0.295. The number of H-pyrrole nitrogens is 1. The molecule has 138 valence electrons. The molecule has 0 saturated carbocycles. The molecule has 3 rings (SSSR count). The Labute approximate surface area is 160 Å². The molecule has 2 aromatic carbocycles. The predicted molar refractivity (Wildman–Crippen MR) is 112 cm³/mol. The molecule has 0 saturated heterocycles. The molecule has 0 fully saturated rings. The van der Waals surface area contributed by atoms with Crippen molar-refractivity contribution in [3.8, 4) is 0 Å². The molecule has 3 aromatic rings. The first-order valence-corrected chi connectivity index (χ1v) is 9.40. The molecule has 0 spiro atoms. The van der Waals surface area contributed by atoms with Gasteiger partial charge in [0.15, 0.2) is 0 Å². The number of nitrogens with one attached hydrogen (secondary N) is 2. The largest absolute Gasteiger partial charge is 0.369 e. The van der Waals surface area contributed by atoms with E-state index in [9.17, 15) is 4.79 Å². The zero-order valence-electron chi connectivity index (χ0n) is 15.0. The Balaban J connectivity index is 1.74. The van der Waals surface area contributed by atoms with E-state index in [1.807, 2.05) is 42.7 Å². The Kier molecular flexibility index (Phi) is 5.46. The van der Waals surface area contributed by atoms with Gasteiger partial charge in [0.05, 0.1) is 5.71 Å². The third-order valence-electron chi connectivity index (χ3n) is 3.95. The average molecular weight is 380 g/mol. The van der Waals surface area contributed by atoms with Gasteiger partial charge in [0.1, 0.15) is 5.69 Å². The van der Waals surface area contributed by atoms with E-state index in [1.54, 1.807) is 30.8 Å². The number of aromatic amines is 1. The maximum atomic E-state index is 12.5. The quantitative estimate of drug-likeness (QED) is 0.235. The summed E-state index contributed by atoms with van der Waals surface area (Å²) in [7, 11) is 0. The van der Waals surface area contributed by atoms with Gasteiger partial charge in [0.25, 0.3) is 5.91 Å². The summed E-state index contributed by atoms with van der Waals surface area (Å²) in [6.07, 6.45) is 2.02. The highest BCUT2D eigenvalue weighted by Crippen LogP contribution is 2.23. The monoisotopic (exact) mass is 380 g/mol. The number of nitrogens with zero attached hydrogens (tertiary/aromatic N) is 2. The van der Waals surface area contributed by atoms with Crippen LogP contribution in [-0.2, 0) is 0 Å². The first kappa shape index (κ1) is 18.5. The Hall–Kier alpha value is -3.26. The van der Waals surface area contributed by atoms with Gasteiger partial charge in [-0.05, 0) is 49.1 Å². The van der Waals surface area contributed by atoms with Crippen LogP contribution in [0.2, 0.25) is 0 Å². The minimum absolute atomic E-state index is 0.0961. The lowest BCUT2D eigenvalue weighted by molar-refractivity contribution is 0.102. The van der Waals surface area contributed by atoms with Gasteiger partial charge in [-0.15, -0.1) is 16.9 Å².